The first kappa shape index (κ1) is 8.10. The molecule has 0 amide bonds. The normalized spacial score (nSPS) is 12.7. The van der Waals surface area contributed by atoms with Crippen LogP contribution in [-0.4, -0.2) is 28.1 Å². The Bertz CT molecular complexity index is 129. The predicted octanol–water partition coefficient (Wildman–Crippen LogP) is -0.589. The number of carboxylic acid groups (broad SMARTS) is 1. The number of hydrogen-bond acceptors (Lipinski definition) is 3. The molecule has 9 heavy (non-hydrogen) atoms. The van der Waals surface area contributed by atoms with Crippen LogP contribution in [0.1, 0.15) is 13.3 Å². The second-order valence-corrected chi connectivity index (χ2v) is 1.76. The molecule has 0 aromatic rings. The summed E-state index contributed by atoms with van der Waals surface area (Å²) in [5, 5.41) is 16.5. The van der Waals surface area contributed by atoms with Gasteiger partial charge in [0, 0.05) is 6.42 Å². The van der Waals surface area contributed by atoms with Gasteiger partial charge in [-0.1, -0.05) is 0 Å². The third-order valence-corrected chi connectivity index (χ3v) is 0.766. The van der Waals surface area contributed by atoms with Crippen LogP contribution in [0.25, 0.3) is 0 Å². The number of carbonyl (C=O) groups is 2. The quantitative estimate of drug-likeness (QED) is 0.508. The smallest absolute Gasteiger partial charge is 0.332 e. The Morgan fingerprint density at radius 2 is 2.00 bits per heavy atom. The maximum absolute atomic E-state index is 10.1. The van der Waals surface area contributed by atoms with E-state index in [0.29, 0.717) is 0 Å². The SMILES string of the molecule is C[13C](=O)[13CH2][13CH](O)[13C](=O)O. The molecule has 0 aromatic heterocycles. The molecule has 0 saturated heterocycles. The lowest BCUT2D eigenvalue weighted by Gasteiger charge is -1.98. The molecule has 1 atom stereocenters. The second kappa shape index (κ2) is 3.19. The van der Waals surface area contributed by atoms with Crippen molar-refractivity contribution in [2.24, 2.45) is 0 Å². The molecule has 0 radical (unpaired) electrons. The highest BCUT2D eigenvalue weighted by Gasteiger charge is 2.14. The standard InChI is InChI=1S/C5H8O4/c1-3(6)2-4(7)5(8)9/h4,7H,2H2,1H3,(H,8,9)/i2+1,3+1,4+1,5+1. The maximum atomic E-state index is 10.1. The molecule has 0 aliphatic heterocycles. The van der Waals surface area contributed by atoms with E-state index in [9.17, 15) is 9.59 Å². The van der Waals surface area contributed by atoms with Gasteiger partial charge in [0.15, 0.2) is 6.10 Å². The third-order valence-electron chi connectivity index (χ3n) is 0.766. The number of aliphatic hydroxyl groups excluding tert-OH is 1. The van der Waals surface area contributed by atoms with Crippen LogP contribution in [0.2, 0.25) is 0 Å². The average molecular weight is 136 g/mol. The molecular formula is C5H8O4. The van der Waals surface area contributed by atoms with Gasteiger partial charge in [-0.05, 0) is 6.92 Å². The van der Waals surface area contributed by atoms with Crippen LogP contribution < -0.4 is 0 Å². The van der Waals surface area contributed by atoms with E-state index in [0.717, 1.165) is 0 Å². The molecule has 4 heteroatoms. The molecule has 0 rings (SSSR count). The van der Waals surface area contributed by atoms with Crippen molar-refractivity contribution in [3.8, 4) is 0 Å². The molecule has 52 valence electrons. The molecule has 1 unspecified atom stereocenters. The van der Waals surface area contributed by atoms with Crippen LogP contribution >= 0.6 is 0 Å². The summed E-state index contributed by atoms with van der Waals surface area (Å²) in [6.45, 7) is 1.23. The van der Waals surface area contributed by atoms with Crippen molar-refractivity contribution < 1.29 is 19.8 Å². The lowest BCUT2D eigenvalue weighted by Crippen LogP contribution is -2.21. The van der Waals surface area contributed by atoms with Gasteiger partial charge in [-0.15, -0.1) is 0 Å². The molecule has 0 bridgehead atoms. The second-order valence-electron chi connectivity index (χ2n) is 1.76. The highest BCUT2D eigenvalue weighted by atomic mass is 16.5. The zero-order valence-electron chi connectivity index (χ0n) is 5.00. The van der Waals surface area contributed by atoms with Gasteiger partial charge in [0.2, 0.25) is 0 Å². The monoisotopic (exact) mass is 136 g/mol. The lowest BCUT2D eigenvalue weighted by molar-refractivity contribution is -0.148. The van der Waals surface area contributed by atoms with Crippen molar-refractivity contribution >= 4 is 11.8 Å². The summed E-state index contributed by atoms with van der Waals surface area (Å²) in [7, 11) is 0. The van der Waals surface area contributed by atoms with Crippen LogP contribution in [0.3, 0.4) is 0 Å². The Balaban J connectivity index is 3.63. The minimum atomic E-state index is -1.54. The van der Waals surface area contributed by atoms with Gasteiger partial charge < -0.3 is 10.2 Å². The van der Waals surface area contributed by atoms with Gasteiger partial charge in [-0.3, -0.25) is 4.79 Å². The van der Waals surface area contributed by atoms with Gasteiger partial charge >= 0.3 is 5.97 Å². The Morgan fingerprint density at radius 1 is 1.56 bits per heavy atom. The molecule has 0 fully saturated rings. The summed E-state index contributed by atoms with van der Waals surface area (Å²) in [4.78, 5) is 20.0. The minimum Gasteiger partial charge on any atom is -0.479 e. The molecular weight excluding hydrogens is 128 g/mol. The maximum Gasteiger partial charge on any atom is 0.332 e. The van der Waals surface area contributed by atoms with Crippen molar-refractivity contribution in [3.05, 3.63) is 0 Å². The first-order chi connectivity index (χ1) is 4.04. The number of aliphatic hydroxyl groups is 1. The number of rotatable bonds is 3. The van der Waals surface area contributed by atoms with E-state index in [1.807, 2.05) is 0 Å². The van der Waals surface area contributed by atoms with Gasteiger partial charge in [0.25, 0.3) is 0 Å². The summed E-state index contributed by atoms with van der Waals surface area (Å²) >= 11 is 0. The molecule has 4 nitrogen and oxygen atoms in total. The highest BCUT2D eigenvalue weighted by Crippen LogP contribution is 1.91. The zero-order valence-corrected chi connectivity index (χ0v) is 5.00. The molecule has 0 saturated carbocycles. The lowest BCUT2D eigenvalue weighted by atomic mass is 11.0. The topological polar surface area (TPSA) is 74.6 Å². The first-order valence-electron chi connectivity index (χ1n) is 2.44. The molecule has 0 aromatic carbocycles. The van der Waals surface area contributed by atoms with E-state index in [1.165, 1.54) is 6.92 Å². The Labute approximate surface area is 52.1 Å². The number of aliphatic carboxylic acids is 1. The number of hydrogen-bond donors (Lipinski definition) is 2. The van der Waals surface area contributed by atoms with E-state index in [2.05, 4.69) is 0 Å². The molecule has 0 heterocycles. The number of Topliss-reactive ketones (excluding diaryl/α,β-unsaturated/α-hetero) is 1. The van der Waals surface area contributed by atoms with Gasteiger partial charge in [0.05, 0.1) is 0 Å². The minimum absolute atomic E-state index is 0.310. The van der Waals surface area contributed by atoms with E-state index in [-0.39, 0.29) is 12.2 Å². The van der Waals surface area contributed by atoms with Crippen LogP contribution in [0.15, 0.2) is 0 Å². The fourth-order valence-corrected chi connectivity index (χ4v) is 0.360. The van der Waals surface area contributed by atoms with Crippen LogP contribution in [0.5, 0.6) is 0 Å². The van der Waals surface area contributed by atoms with Crippen molar-refractivity contribution in [1.82, 2.24) is 0 Å². The van der Waals surface area contributed by atoms with Gasteiger partial charge in [-0.25, -0.2) is 4.79 Å². The number of carbonyl (C=O) groups excluding carboxylic acids is 1. The van der Waals surface area contributed by atoms with E-state index >= 15 is 0 Å². The predicted molar refractivity (Wildman–Crippen MR) is 28.9 cm³/mol. The summed E-state index contributed by atoms with van der Waals surface area (Å²) in [6.07, 6.45) is -1.85. The highest BCUT2D eigenvalue weighted by molar-refractivity contribution is 5.83. The van der Waals surface area contributed by atoms with Crippen molar-refractivity contribution in [1.29, 1.82) is 0 Å². The Hall–Kier alpha value is -0.900. The van der Waals surface area contributed by atoms with Gasteiger partial charge in [-0.2, -0.15) is 0 Å². The van der Waals surface area contributed by atoms with E-state index in [4.69, 9.17) is 10.2 Å². The largest absolute Gasteiger partial charge is 0.479 e. The Kier molecular flexibility index (Phi) is 2.87. The fourth-order valence-electron chi connectivity index (χ4n) is 0.360. The average Bonchev–Trinajstić information content (AvgIpc) is 1.63. The molecule has 0 aliphatic carbocycles. The first-order valence-corrected chi connectivity index (χ1v) is 2.44. The molecule has 0 aliphatic rings. The van der Waals surface area contributed by atoms with Crippen molar-refractivity contribution in [2.45, 2.75) is 19.4 Å². The van der Waals surface area contributed by atoms with Gasteiger partial charge in [0.1, 0.15) is 5.78 Å². The van der Waals surface area contributed by atoms with Crippen molar-refractivity contribution in [2.75, 3.05) is 0 Å². The van der Waals surface area contributed by atoms with Crippen LogP contribution in [-0.2, 0) is 9.59 Å². The summed E-state index contributed by atoms with van der Waals surface area (Å²) in [5.41, 5.74) is 0. The van der Waals surface area contributed by atoms with Crippen molar-refractivity contribution in [3.63, 3.8) is 0 Å². The summed E-state index contributed by atoms with van der Waals surface area (Å²) in [6, 6.07) is 0. The molecule has 2 N–H and O–H groups in total. The number of ketones is 1. The fraction of sp³-hybridized carbons (Fsp3) is 0.600. The van der Waals surface area contributed by atoms with E-state index < -0.39 is 12.1 Å². The summed E-state index contributed by atoms with van der Waals surface area (Å²) in [5.74, 6) is -1.69. The third kappa shape index (κ3) is 3.66. The zero-order chi connectivity index (χ0) is 7.44. The van der Waals surface area contributed by atoms with Crippen LogP contribution in [0, 0.1) is 0 Å². The van der Waals surface area contributed by atoms with E-state index in [1.54, 1.807) is 0 Å². The van der Waals surface area contributed by atoms with Crippen LogP contribution in [0.4, 0.5) is 0 Å². The number of carboxylic acids is 1. The Morgan fingerprint density at radius 3 is 2.11 bits per heavy atom. The summed E-state index contributed by atoms with van der Waals surface area (Å²) < 4.78 is 0. The molecule has 0 spiro atoms.